The predicted octanol–water partition coefficient (Wildman–Crippen LogP) is 3.38. The van der Waals surface area contributed by atoms with E-state index in [4.69, 9.17) is 12.2 Å². The Labute approximate surface area is 110 Å². The fraction of sp³-hybridized carbons (Fsp3) is 0.500. The number of nitrogens with one attached hydrogen (secondary N) is 1. The number of imidazole rings is 1. The van der Waals surface area contributed by atoms with E-state index < -0.39 is 0 Å². The van der Waals surface area contributed by atoms with Crippen LogP contribution < -0.4 is 0 Å². The lowest BCUT2D eigenvalue weighted by Crippen LogP contribution is -2.37. The van der Waals surface area contributed by atoms with Crippen molar-refractivity contribution in [3.8, 4) is 0 Å². The molecule has 0 unspecified atom stereocenters. The normalized spacial score (nSPS) is 18.2. The molecular weight excluding hydrogens is 250 g/mol. The second-order valence-corrected chi connectivity index (χ2v) is 6.31. The van der Waals surface area contributed by atoms with Gasteiger partial charge in [-0.15, -0.1) is 0 Å². The Balaban J connectivity index is 2.05. The van der Waals surface area contributed by atoms with Gasteiger partial charge in [0.05, 0.1) is 17.2 Å². The zero-order valence-corrected chi connectivity index (χ0v) is 11.4. The van der Waals surface area contributed by atoms with Crippen LogP contribution in [0.4, 0.5) is 0 Å². The molecular formula is C12H15N3S2. The molecule has 1 fully saturated rings. The number of hydrogen-bond donors (Lipinski definition) is 1. The van der Waals surface area contributed by atoms with Crippen LogP contribution in [0.1, 0.15) is 19.3 Å². The Bertz CT molecular complexity index is 590. The average Bonchev–Trinajstić information content (AvgIpc) is 2.60. The van der Waals surface area contributed by atoms with Crippen LogP contribution in [-0.4, -0.2) is 25.5 Å². The van der Waals surface area contributed by atoms with Crippen molar-refractivity contribution in [1.82, 2.24) is 14.5 Å². The van der Waals surface area contributed by atoms with Gasteiger partial charge in [0, 0.05) is 17.5 Å². The highest BCUT2D eigenvalue weighted by Crippen LogP contribution is 2.44. The molecule has 17 heavy (non-hydrogen) atoms. The zero-order chi connectivity index (χ0) is 11.9. The van der Waals surface area contributed by atoms with Gasteiger partial charge in [0.1, 0.15) is 0 Å². The molecule has 0 saturated heterocycles. The first-order chi connectivity index (χ1) is 8.24. The summed E-state index contributed by atoms with van der Waals surface area (Å²) in [4.78, 5) is 7.35. The number of pyridine rings is 1. The number of aromatic nitrogens is 3. The molecule has 2 heterocycles. The van der Waals surface area contributed by atoms with Crippen LogP contribution in [0.2, 0.25) is 0 Å². The summed E-state index contributed by atoms with van der Waals surface area (Å²) >= 11 is 7.39. The van der Waals surface area contributed by atoms with Gasteiger partial charge in [-0.25, -0.2) is 0 Å². The second-order valence-electron chi connectivity index (χ2n) is 4.65. The minimum absolute atomic E-state index is 0.399. The topological polar surface area (TPSA) is 33.6 Å². The quantitative estimate of drug-likeness (QED) is 0.864. The molecule has 0 radical (unpaired) electrons. The van der Waals surface area contributed by atoms with Crippen LogP contribution >= 0.6 is 24.0 Å². The Hall–Kier alpha value is -0.810. The van der Waals surface area contributed by atoms with Crippen molar-refractivity contribution in [3.05, 3.63) is 23.2 Å². The highest BCUT2D eigenvalue weighted by Gasteiger charge is 2.36. The van der Waals surface area contributed by atoms with E-state index in [9.17, 15) is 0 Å². The lowest BCUT2D eigenvalue weighted by Gasteiger charge is -2.40. The van der Waals surface area contributed by atoms with Gasteiger partial charge < -0.3 is 9.55 Å². The van der Waals surface area contributed by atoms with E-state index in [0.29, 0.717) is 4.75 Å². The Morgan fingerprint density at radius 1 is 1.59 bits per heavy atom. The first-order valence-corrected chi connectivity index (χ1v) is 7.45. The van der Waals surface area contributed by atoms with E-state index in [2.05, 4.69) is 20.8 Å². The highest BCUT2D eigenvalue weighted by atomic mass is 32.2. The van der Waals surface area contributed by atoms with Crippen LogP contribution in [0.5, 0.6) is 0 Å². The summed E-state index contributed by atoms with van der Waals surface area (Å²) < 4.78 is 3.44. The van der Waals surface area contributed by atoms with Crippen LogP contribution in [0.15, 0.2) is 18.5 Å². The van der Waals surface area contributed by atoms with Gasteiger partial charge in [-0.2, -0.15) is 11.8 Å². The lowest BCUT2D eigenvalue weighted by molar-refractivity contribution is 0.323. The maximum absolute atomic E-state index is 5.41. The molecule has 1 N–H and O–H groups in total. The third kappa shape index (κ3) is 1.81. The van der Waals surface area contributed by atoms with Gasteiger partial charge in [-0.1, -0.05) is 6.42 Å². The molecule has 0 bridgehead atoms. The summed E-state index contributed by atoms with van der Waals surface area (Å²) in [5.74, 6) is 0. The molecule has 0 atom stereocenters. The number of H-pyrrole nitrogens is 1. The summed E-state index contributed by atoms with van der Waals surface area (Å²) in [6.07, 6.45) is 9.82. The molecule has 0 aromatic carbocycles. The van der Waals surface area contributed by atoms with Gasteiger partial charge in [0.2, 0.25) is 0 Å². The molecule has 90 valence electrons. The van der Waals surface area contributed by atoms with Crippen LogP contribution in [0.25, 0.3) is 11.0 Å². The largest absolute Gasteiger partial charge is 0.329 e. The lowest BCUT2D eigenvalue weighted by atomic mass is 9.84. The van der Waals surface area contributed by atoms with Crippen molar-refractivity contribution in [2.24, 2.45) is 0 Å². The van der Waals surface area contributed by atoms with Gasteiger partial charge in [-0.3, -0.25) is 4.98 Å². The van der Waals surface area contributed by atoms with E-state index in [1.165, 1.54) is 24.8 Å². The molecule has 1 aliphatic rings. The molecule has 2 aromatic rings. The fourth-order valence-electron chi connectivity index (χ4n) is 2.45. The molecule has 0 aliphatic heterocycles. The smallest absolute Gasteiger partial charge is 0.178 e. The average molecular weight is 265 g/mol. The van der Waals surface area contributed by atoms with Gasteiger partial charge >= 0.3 is 0 Å². The fourth-order valence-corrected chi connectivity index (χ4v) is 3.68. The Morgan fingerprint density at radius 2 is 2.41 bits per heavy atom. The van der Waals surface area contributed by atoms with E-state index in [0.717, 1.165) is 16.8 Å². The van der Waals surface area contributed by atoms with E-state index in [1.807, 2.05) is 30.2 Å². The van der Waals surface area contributed by atoms with Crippen molar-refractivity contribution in [3.63, 3.8) is 0 Å². The van der Waals surface area contributed by atoms with Crippen molar-refractivity contribution < 1.29 is 0 Å². The van der Waals surface area contributed by atoms with Gasteiger partial charge in [0.15, 0.2) is 4.77 Å². The second kappa shape index (κ2) is 4.14. The summed E-state index contributed by atoms with van der Waals surface area (Å²) in [5, 5.41) is 0. The Kier molecular flexibility index (Phi) is 2.75. The molecule has 1 saturated carbocycles. The molecule has 5 heteroatoms. The predicted molar refractivity (Wildman–Crippen MR) is 75.0 cm³/mol. The number of thioether (sulfide) groups is 1. The van der Waals surface area contributed by atoms with Gasteiger partial charge in [-0.05, 0) is 37.4 Å². The van der Waals surface area contributed by atoms with Crippen molar-refractivity contribution >= 4 is 35.0 Å². The zero-order valence-electron chi connectivity index (χ0n) is 9.77. The first-order valence-electron chi connectivity index (χ1n) is 5.82. The number of aromatic amines is 1. The number of rotatable bonds is 3. The molecule has 3 rings (SSSR count). The van der Waals surface area contributed by atoms with Crippen molar-refractivity contribution in [2.75, 3.05) is 6.26 Å². The summed E-state index contributed by atoms with van der Waals surface area (Å²) in [6.45, 7) is 1.01. The van der Waals surface area contributed by atoms with Crippen LogP contribution in [-0.2, 0) is 6.54 Å². The maximum Gasteiger partial charge on any atom is 0.178 e. The molecule has 0 amide bonds. The van der Waals surface area contributed by atoms with Crippen LogP contribution in [0, 0.1) is 4.77 Å². The SMILES string of the molecule is CSC1(Cn2c(=S)[nH]c3cnccc32)CCC1. The third-order valence-corrected chi connectivity index (χ3v) is 5.45. The number of nitrogens with zero attached hydrogens (tertiary/aromatic N) is 2. The summed E-state index contributed by atoms with van der Waals surface area (Å²) in [7, 11) is 0. The van der Waals surface area contributed by atoms with Gasteiger partial charge in [0.25, 0.3) is 0 Å². The molecule has 0 spiro atoms. The van der Waals surface area contributed by atoms with Crippen molar-refractivity contribution in [1.29, 1.82) is 0 Å². The standard InChI is InChI=1S/C12H15N3S2/c1-17-12(4-2-5-12)8-15-10-3-6-13-7-9(10)14-11(15)16/h3,6-7H,2,4-5,8H2,1H3,(H,14,16). The highest BCUT2D eigenvalue weighted by molar-refractivity contribution is 8.00. The van der Waals surface area contributed by atoms with E-state index in [-0.39, 0.29) is 0 Å². The Morgan fingerprint density at radius 3 is 3.06 bits per heavy atom. The maximum atomic E-state index is 5.41. The van der Waals surface area contributed by atoms with E-state index >= 15 is 0 Å². The summed E-state index contributed by atoms with van der Waals surface area (Å²) in [6, 6.07) is 2.04. The minimum Gasteiger partial charge on any atom is -0.329 e. The van der Waals surface area contributed by atoms with Crippen LogP contribution in [0.3, 0.4) is 0 Å². The first kappa shape index (κ1) is 11.3. The van der Waals surface area contributed by atoms with Crippen molar-refractivity contribution in [2.45, 2.75) is 30.6 Å². The van der Waals surface area contributed by atoms with E-state index in [1.54, 1.807) is 0 Å². The molecule has 3 nitrogen and oxygen atoms in total. The third-order valence-electron chi connectivity index (χ3n) is 3.72. The number of fused-ring (bicyclic) bond motifs is 1. The molecule has 2 aromatic heterocycles. The monoisotopic (exact) mass is 265 g/mol. The summed E-state index contributed by atoms with van der Waals surface area (Å²) in [5.41, 5.74) is 2.21. The minimum atomic E-state index is 0.399. The number of hydrogen-bond acceptors (Lipinski definition) is 3. The molecule has 1 aliphatic carbocycles.